The smallest absolute Gasteiger partial charge is 0.406 e. The van der Waals surface area contributed by atoms with Gasteiger partial charge < -0.3 is 19.1 Å². The number of halogens is 5. The van der Waals surface area contributed by atoms with E-state index in [9.17, 15) is 26.7 Å². The molecule has 2 aliphatic heterocycles. The van der Waals surface area contributed by atoms with Crippen LogP contribution in [-0.4, -0.2) is 64.4 Å². The third kappa shape index (κ3) is 5.10. The zero-order chi connectivity index (χ0) is 24.1. The number of alkyl halides is 5. The molecule has 34 heavy (non-hydrogen) atoms. The first kappa shape index (κ1) is 22.9. The first-order chi connectivity index (χ1) is 16.1. The highest BCUT2D eigenvalue weighted by atomic mass is 19.4. The van der Waals surface area contributed by atoms with Gasteiger partial charge in [0.1, 0.15) is 5.75 Å². The molecule has 3 fully saturated rings. The topological polar surface area (TPSA) is 71.7 Å². The highest BCUT2D eigenvalue weighted by Crippen LogP contribution is 2.41. The van der Waals surface area contributed by atoms with Gasteiger partial charge in [-0.1, -0.05) is 17.3 Å². The summed E-state index contributed by atoms with van der Waals surface area (Å²) in [5.41, 5.74) is 0.700. The summed E-state index contributed by atoms with van der Waals surface area (Å²) in [6.07, 6.45) is -2.67. The Morgan fingerprint density at radius 1 is 1.06 bits per heavy atom. The van der Waals surface area contributed by atoms with Crippen molar-refractivity contribution >= 4 is 6.03 Å². The Morgan fingerprint density at radius 3 is 2.38 bits per heavy atom. The highest BCUT2D eigenvalue weighted by Gasteiger charge is 2.44. The third-order valence-corrected chi connectivity index (χ3v) is 6.50. The minimum absolute atomic E-state index is 0.0342. The lowest BCUT2D eigenvalue weighted by atomic mass is 9.84. The molecule has 2 amide bonds. The Hall–Kier alpha value is -2.92. The monoisotopic (exact) mass is 486 g/mol. The van der Waals surface area contributed by atoms with Gasteiger partial charge in [-0.15, -0.1) is 13.2 Å². The molecule has 1 aliphatic carbocycles. The summed E-state index contributed by atoms with van der Waals surface area (Å²) >= 11 is 0. The predicted molar refractivity (Wildman–Crippen MR) is 108 cm³/mol. The van der Waals surface area contributed by atoms with Crippen LogP contribution >= 0.6 is 0 Å². The molecule has 2 aromatic rings. The van der Waals surface area contributed by atoms with Crippen LogP contribution in [0.3, 0.4) is 0 Å². The van der Waals surface area contributed by atoms with Crippen LogP contribution in [0.4, 0.5) is 26.7 Å². The normalized spacial score (nSPS) is 25.0. The lowest BCUT2D eigenvalue weighted by molar-refractivity contribution is -0.274. The fourth-order valence-corrected chi connectivity index (χ4v) is 4.64. The van der Waals surface area contributed by atoms with Crippen LogP contribution in [0.1, 0.15) is 60.7 Å². The highest BCUT2D eigenvalue weighted by molar-refractivity contribution is 5.75. The van der Waals surface area contributed by atoms with E-state index in [0.717, 1.165) is 17.7 Å². The number of carbonyl (C=O) groups is 1. The summed E-state index contributed by atoms with van der Waals surface area (Å²) in [6.45, 7) is -0.194. The third-order valence-electron chi connectivity index (χ3n) is 6.50. The van der Waals surface area contributed by atoms with Gasteiger partial charge in [-0.3, -0.25) is 0 Å². The van der Waals surface area contributed by atoms with Gasteiger partial charge >= 0.3 is 12.4 Å². The number of hydrogen-bond acceptors (Lipinski definition) is 5. The van der Waals surface area contributed by atoms with E-state index in [1.165, 1.54) is 29.2 Å². The van der Waals surface area contributed by atoms with Gasteiger partial charge in [0.05, 0.1) is 12.5 Å². The Morgan fingerprint density at radius 2 is 1.76 bits per heavy atom. The van der Waals surface area contributed by atoms with Gasteiger partial charge in [0, 0.05) is 37.9 Å². The minimum Gasteiger partial charge on any atom is -0.406 e. The molecule has 184 valence electrons. The van der Waals surface area contributed by atoms with E-state index in [-0.39, 0.29) is 49.6 Å². The largest absolute Gasteiger partial charge is 0.573 e. The Balaban J connectivity index is 1.37. The van der Waals surface area contributed by atoms with E-state index in [4.69, 9.17) is 4.52 Å². The average molecular weight is 486 g/mol. The summed E-state index contributed by atoms with van der Waals surface area (Å²) in [7, 11) is 0. The van der Waals surface area contributed by atoms with Crippen LogP contribution in [0.5, 0.6) is 5.75 Å². The van der Waals surface area contributed by atoms with Gasteiger partial charge in [0.2, 0.25) is 5.89 Å². The number of aromatic nitrogens is 2. The van der Waals surface area contributed by atoms with Crippen molar-refractivity contribution in [1.82, 2.24) is 19.9 Å². The second-order valence-electron chi connectivity index (χ2n) is 9.23. The number of urea groups is 1. The zero-order valence-corrected chi connectivity index (χ0v) is 18.1. The molecule has 0 radical (unpaired) electrons. The summed E-state index contributed by atoms with van der Waals surface area (Å²) in [5, 5.41) is 4.04. The number of benzene rings is 1. The number of carbonyl (C=O) groups excluding carboxylic acids is 1. The van der Waals surface area contributed by atoms with Crippen molar-refractivity contribution < 1.29 is 36.0 Å². The molecule has 12 heteroatoms. The molecule has 7 nitrogen and oxygen atoms in total. The molecule has 2 saturated heterocycles. The molecule has 1 aromatic heterocycles. The molecule has 5 rings (SSSR count). The number of rotatable bonds is 4. The molecule has 1 aromatic carbocycles. The number of nitrogens with zero attached hydrogens (tertiary/aromatic N) is 4. The molecule has 2 unspecified atom stereocenters. The van der Waals surface area contributed by atoms with Crippen LogP contribution in [0.25, 0.3) is 0 Å². The molecule has 0 bridgehead atoms. The molecule has 3 aliphatic rings. The van der Waals surface area contributed by atoms with Crippen molar-refractivity contribution in [3.05, 3.63) is 41.5 Å². The molecule has 0 spiro atoms. The van der Waals surface area contributed by atoms with Gasteiger partial charge in [-0.05, 0) is 37.0 Å². The number of hydrogen-bond donors (Lipinski definition) is 0. The number of ether oxygens (including phenoxy) is 1. The SMILES string of the molecule is O=C(N1CC(c2ccc(OC(F)(F)F)cc2)CC(c2nc(C3CC3)no2)C1)N1CCC(F)(F)C1. The first-order valence-corrected chi connectivity index (χ1v) is 11.2. The second kappa shape index (κ2) is 8.38. The standard InChI is InChI=1S/C22H23F5N4O3/c23-21(24)7-8-30(12-21)20(32)31-10-15(13-3-5-17(6-4-13)33-22(25,26)27)9-16(11-31)19-28-18(29-34-19)14-1-2-14/h3-6,14-16H,1-2,7-12H2. The maximum Gasteiger partial charge on any atom is 0.573 e. The van der Waals surface area contributed by atoms with Crippen LogP contribution in [0.2, 0.25) is 0 Å². The van der Waals surface area contributed by atoms with Gasteiger partial charge in [-0.2, -0.15) is 4.98 Å². The number of amides is 2. The van der Waals surface area contributed by atoms with Crippen LogP contribution in [0, 0.1) is 0 Å². The van der Waals surface area contributed by atoms with Gasteiger partial charge in [0.25, 0.3) is 5.92 Å². The molecular weight excluding hydrogens is 463 g/mol. The molecular formula is C22H23F5N4O3. The summed E-state index contributed by atoms with van der Waals surface area (Å²) in [6, 6.07) is 4.98. The van der Waals surface area contributed by atoms with Crippen molar-refractivity contribution in [2.45, 2.75) is 55.7 Å². The summed E-state index contributed by atoms with van der Waals surface area (Å²) < 4.78 is 74.3. The number of likely N-dealkylation sites (tertiary alicyclic amines) is 2. The molecule has 0 N–H and O–H groups in total. The molecule has 1 saturated carbocycles. The van der Waals surface area contributed by atoms with E-state index in [1.54, 1.807) is 0 Å². The average Bonchev–Trinajstić information content (AvgIpc) is 3.39. The van der Waals surface area contributed by atoms with Crippen molar-refractivity contribution in [2.75, 3.05) is 26.2 Å². The fraction of sp³-hybridized carbons (Fsp3) is 0.591. The molecule has 2 atom stereocenters. The summed E-state index contributed by atoms with van der Waals surface area (Å²) in [4.78, 5) is 20.2. The van der Waals surface area contributed by atoms with E-state index >= 15 is 0 Å². The van der Waals surface area contributed by atoms with Crippen molar-refractivity contribution in [2.24, 2.45) is 0 Å². The minimum atomic E-state index is -4.80. The summed E-state index contributed by atoms with van der Waals surface area (Å²) in [5.74, 6) is -2.55. The maximum absolute atomic E-state index is 13.7. The van der Waals surface area contributed by atoms with Crippen LogP contribution < -0.4 is 4.74 Å². The van der Waals surface area contributed by atoms with E-state index in [1.807, 2.05) is 0 Å². The van der Waals surface area contributed by atoms with Crippen LogP contribution in [0.15, 0.2) is 28.8 Å². The Kier molecular flexibility index (Phi) is 5.64. The second-order valence-corrected chi connectivity index (χ2v) is 9.23. The Bertz CT molecular complexity index is 1040. The van der Waals surface area contributed by atoms with E-state index in [0.29, 0.717) is 23.7 Å². The molecule has 3 heterocycles. The Labute approximate surface area is 191 Å². The first-order valence-electron chi connectivity index (χ1n) is 11.2. The van der Waals surface area contributed by atoms with Gasteiger partial charge in [0.15, 0.2) is 5.82 Å². The maximum atomic E-state index is 13.7. The van der Waals surface area contributed by atoms with Crippen molar-refractivity contribution in [1.29, 1.82) is 0 Å². The van der Waals surface area contributed by atoms with E-state index in [2.05, 4.69) is 14.9 Å². The van der Waals surface area contributed by atoms with Crippen LogP contribution in [-0.2, 0) is 0 Å². The lowest BCUT2D eigenvalue weighted by Gasteiger charge is -2.38. The predicted octanol–water partition coefficient (Wildman–Crippen LogP) is 4.88. The lowest BCUT2D eigenvalue weighted by Crippen LogP contribution is -2.48. The van der Waals surface area contributed by atoms with Gasteiger partial charge in [-0.25, -0.2) is 13.6 Å². The van der Waals surface area contributed by atoms with Crippen molar-refractivity contribution in [3.8, 4) is 5.75 Å². The van der Waals surface area contributed by atoms with Crippen molar-refractivity contribution in [3.63, 3.8) is 0 Å². The fourth-order valence-electron chi connectivity index (χ4n) is 4.64. The van der Waals surface area contributed by atoms with E-state index < -0.39 is 24.9 Å². The quantitative estimate of drug-likeness (QED) is 0.576. The number of piperidine rings is 1. The zero-order valence-electron chi connectivity index (χ0n) is 18.1.